The summed E-state index contributed by atoms with van der Waals surface area (Å²) in [6, 6.07) is 12.6. The zero-order chi connectivity index (χ0) is 24.5. The number of hydrogen-bond acceptors (Lipinski definition) is 7. The lowest BCUT2D eigenvalue weighted by molar-refractivity contribution is -0.145. The topological polar surface area (TPSA) is 108 Å². The number of carbonyl (C=O) groups is 1. The number of sulfonamides is 1. The molecule has 0 aliphatic heterocycles. The highest BCUT2D eigenvalue weighted by Crippen LogP contribution is 2.22. The molecule has 0 aliphatic carbocycles. The molecule has 4 aromatic rings. The van der Waals surface area contributed by atoms with E-state index in [0.717, 1.165) is 20.9 Å². The Hall–Kier alpha value is -3.50. The first-order chi connectivity index (χ1) is 16.1. The van der Waals surface area contributed by atoms with Gasteiger partial charge in [0, 0.05) is 33.1 Å². The second-order valence-electron chi connectivity index (χ2n) is 8.20. The minimum absolute atomic E-state index is 0.0164. The fourth-order valence-corrected chi connectivity index (χ4v) is 4.39. The number of ether oxygens (including phenoxy) is 1. The highest BCUT2D eigenvalue weighted by Gasteiger charge is 2.19. The van der Waals surface area contributed by atoms with E-state index in [1.807, 2.05) is 42.8 Å². The van der Waals surface area contributed by atoms with E-state index in [1.165, 1.54) is 20.4 Å². The van der Waals surface area contributed by atoms with Crippen LogP contribution in [0.4, 0.5) is 0 Å². The van der Waals surface area contributed by atoms with Crippen LogP contribution in [0.1, 0.15) is 23.5 Å². The number of rotatable bonds is 8. The summed E-state index contributed by atoms with van der Waals surface area (Å²) < 4.78 is 38.6. The molecule has 178 valence electrons. The molecule has 0 atom stereocenters. The molecule has 4 rings (SSSR count). The number of nitrogens with zero attached hydrogens (tertiary/aromatic N) is 4. The second kappa shape index (κ2) is 9.40. The third-order valence-corrected chi connectivity index (χ3v) is 7.32. The van der Waals surface area contributed by atoms with E-state index in [0.29, 0.717) is 29.3 Å². The standard InChI is InChI=1S/C24H26N4O5S/c1-16-5-7-17(8-6-16)24-25-18(15-33-24)14-32-23(29)12-11-22-26-20-13-19(34(30,31)27(2)3)9-10-21(20)28(22)4/h5-10,13,15H,11-12,14H2,1-4H3. The summed E-state index contributed by atoms with van der Waals surface area (Å²) in [5.41, 5.74) is 3.87. The summed E-state index contributed by atoms with van der Waals surface area (Å²) >= 11 is 0. The Labute approximate surface area is 198 Å². The molecule has 0 amide bonds. The Balaban J connectivity index is 1.37. The van der Waals surface area contributed by atoms with E-state index in [9.17, 15) is 13.2 Å². The Bertz CT molecular complexity index is 1440. The van der Waals surface area contributed by atoms with Crippen molar-refractivity contribution in [3.05, 3.63) is 65.8 Å². The van der Waals surface area contributed by atoms with Crippen LogP contribution in [0.3, 0.4) is 0 Å². The van der Waals surface area contributed by atoms with Crippen molar-refractivity contribution in [2.24, 2.45) is 7.05 Å². The van der Waals surface area contributed by atoms with Gasteiger partial charge >= 0.3 is 5.97 Å². The largest absolute Gasteiger partial charge is 0.459 e. The lowest BCUT2D eigenvalue weighted by Crippen LogP contribution is -2.22. The quantitative estimate of drug-likeness (QED) is 0.354. The number of hydrogen-bond donors (Lipinski definition) is 0. The van der Waals surface area contributed by atoms with Gasteiger partial charge in [-0.1, -0.05) is 17.7 Å². The van der Waals surface area contributed by atoms with Gasteiger partial charge in [-0.05, 0) is 37.3 Å². The summed E-state index contributed by atoms with van der Waals surface area (Å²) in [7, 11) is 1.25. The van der Waals surface area contributed by atoms with E-state index in [-0.39, 0.29) is 23.9 Å². The van der Waals surface area contributed by atoms with Gasteiger partial charge in [-0.25, -0.2) is 22.7 Å². The van der Waals surface area contributed by atoms with Crippen LogP contribution < -0.4 is 0 Å². The molecular weight excluding hydrogens is 456 g/mol. The normalized spacial score (nSPS) is 11.9. The van der Waals surface area contributed by atoms with E-state index >= 15 is 0 Å². The molecular formula is C24H26N4O5S. The second-order valence-corrected chi connectivity index (χ2v) is 10.3. The van der Waals surface area contributed by atoms with Gasteiger partial charge in [0.15, 0.2) is 0 Å². The van der Waals surface area contributed by atoms with Gasteiger partial charge < -0.3 is 13.7 Å². The molecule has 0 aliphatic rings. The van der Waals surface area contributed by atoms with Crippen molar-refractivity contribution >= 4 is 27.0 Å². The van der Waals surface area contributed by atoms with Crippen LogP contribution in [0.25, 0.3) is 22.5 Å². The Kier molecular flexibility index (Phi) is 6.54. The van der Waals surface area contributed by atoms with Crippen molar-refractivity contribution < 1.29 is 22.4 Å². The molecule has 0 radical (unpaired) electrons. The van der Waals surface area contributed by atoms with Crippen molar-refractivity contribution in [3.8, 4) is 11.5 Å². The van der Waals surface area contributed by atoms with Gasteiger partial charge in [-0.15, -0.1) is 0 Å². The van der Waals surface area contributed by atoms with Crippen molar-refractivity contribution in [1.82, 2.24) is 18.8 Å². The average molecular weight is 483 g/mol. The Morgan fingerprint density at radius 1 is 1.12 bits per heavy atom. The lowest BCUT2D eigenvalue weighted by atomic mass is 10.1. The van der Waals surface area contributed by atoms with E-state index in [4.69, 9.17) is 9.15 Å². The molecule has 0 N–H and O–H groups in total. The number of esters is 1. The highest BCUT2D eigenvalue weighted by atomic mass is 32.2. The zero-order valence-corrected chi connectivity index (χ0v) is 20.3. The summed E-state index contributed by atoms with van der Waals surface area (Å²) in [5.74, 6) is 0.749. The first kappa shape index (κ1) is 23.7. The van der Waals surface area contributed by atoms with E-state index in [1.54, 1.807) is 18.2 Å². The summed E-state index contributed by atoms with van der Waals surface area (Å²) in [4.78, 5) is 21.4. The number of imidazole rings is 1. The smallest absolute Gasteiger partial charge is 0.306 e. The molecule has 0 spiro atoms. The zero-order valence-electron chi connectivity index (χ0n) is 19.5. The molecule has 2 heterocycles. The number of oxazole rings is 1. The van der Waals surface area contributed by atoms with Crippen LogP contribution in [0, 0.1) is 6.92 Å². The number of benzene rings is 2. The number of aryl methyl sites for hydroxylation is 3. The maximum absolute atomic E-state index is 12.4. The van der Waals surface area contributed by atoms with Crippen molar-refractivity contribution in [1.29, 1.82) is 0 Å². The molecule has 10 heteroatoms. The predicted molar refractivity (Wildman–Crippen MR) is 126 cm³/mol. The minimum atomic E-state index is -3.55. The predicted octanol–water partition coefficient (Wildman–Crippen LogP) is 3.46. The van der Waals surface area contributed by atoms with Gasteiger partial charge in [0.05, 0.1) is 22.3 Å². The average Bonchev–Trinajstić information content (AvgIpc) is 3.41. The van der Waals surface area contributed by atoms with E-state index in [2.05, 4.69) is 9.97 Å². The molecule has 0 unspecified atom stereocenters. The number of aromatic nitrogens is 3. The van der Waals surface area contributed by atoms with Gasteiger partial charge in [-0.2, -0.15) is 0 Å². The number of carbonyl (C=O) groups excluding carboxylic acids is 1. The van der Waals surface area contributed by atoms with Gasteiger partial charge in [-0.3, -0.25) is 4.79 Å². The van der Waals surface area contributed by atoms with Crippen LogP contribution >= 0.6 is 0 Å². The Morgan fingerprint density at radius 3 is 2.56 bits per heavy atom. The maximum Gasteiger partial charge on any atom is 0.306 e. The van der Waals surface area contributed by atoms with Crippen molar-refractivity contribution in [2.45, 2.75) is 31.3 Å². The first-order valence-electron chi connectivity index (χ1n) is 10.7. The Morgan fingerprint density at radius 2 is 1.85 bits per heavy atom. The summed E-state index contributed by atoms with van der Waals surface area (Å²) in [6.07, 6.45) is 1.96. The molecule has 0 saturated carbocycles. The van der Waals surface area contributed by atoms with Gasteiger partial charge in [0.25, 0.3) is 0 Å². The summed E-state index contributed by atoms with van der Waals surface area (Å²) in [5, 5.41) is 0. The molecule has 2 aromatic carbocycles. The van der Waals surface area contributed by atoms with Crippen LogP contribution in [0.15, 0.2) is 58.0 Å². The third-order valence-electron chi connectivity index (χ3n) is 5.51. The van der Waals surface area contributed by atoms with Crippen LogP contribution in [-0.2, 0) is 39.6 Å². The van der Waals surface area contributed by atoms with Gasteiger partial charge in [0.2, 0.25) is 15.9 Å². The van der Waals surface area contributed by atoms with Gasteiger partial charge in [0.1, 0.15) is 24.4 Å². The molecule has 34 heavy (non-hydrogen) atoms. The molecule has 9 nitrogen and oxygen atoms in total. The molecule has 0 fully saturated rings. The first-order valence-corrected chi connectivity index (χ1v) is 12.1. The van der Waals surface area contributed by atoms with Crippen molar-refractivity contribution in [2.75, 3.05) is 14.1 Å². The lowest BCUT2D eigenvalue weighted by Gasteiger charge is -2.10. The fourth-order valence-electron chi connectivity index (χ4n) is 3.47. The van der Waals surface area contributed by atoms with Crippen LogP contribution in [0.5, 0.6) is 0 Å². The molecule has 0 saturated heterocycles. The third kappa shape index (κ3) is 4.87. The maximum atomic E-state index is 12.4. The van der Waals surface area contributed by atoms with Crippen LogP contribution in [0.2, 0.25) is 0 Å². The molecule has 2 aromatic heterocycles. The van der Waals surface area contributed by atoms with Crippen LogP contribution in [-0.4, -0.2) is 47.3 Å². The fraction of sp³-hybridized carbons (Fsp3) is 0.292. The summed E-state index contributed by atoms with van der Waals surface area (Å²) in [6.45, 7) is 2.02. The molecule has 0 bridgehead atoms. The highest BCUT2D eigenvalue weighted by molar-refractivity contribution is 7.89. The van der Waals surface area contributed by atoms with Crippen molar-refractivity contribution in [3.63, 3.8) is 0 Å². The SMILES string of the molecule is Cc1ccc(-c2nc(COC(=O)CCc3nc4cc(S(=O)(=O)N(C)C)ccc4n3C)co2)cc1. The number of fused-ring (bicyclic) bond motifs is 1. The van der Waals surface area contributed by atoms with E-state index < -0.39 is 10.0 Å². The minimum Gasteiger partial charge on any atom is -0.459 e. The monoisotopic (exact) mass is 482 g/mol.